The fourth-order valence-corrected chi connectivity index (χ4v) is 1.69. The van der Waals surface area contributed by atoms with Crippen molar-refractivity contribution in [2.45, 2.75) is 32.9 Å². The van der Waals surface area contributed by atoms with Gasteiger partial charge < -0.3 is 5.73 Å². The Morgan fingerprint density at radius 2 is 2.24 bits per heavy atom. The molecule has 2 heterocycles. The average Bonchev–Trinajstić information content (AvgIpc) is 2.76. The van der Waals surface area contributed by atoms with Crippen molar-refractivity contribution in [1.82, 2.24) is 24.7 Å². The fraction of sp³-hybridized carbons (Fsp3) is 0.455. The molecule has 0 fully saturated rings. The van der Waals surface area contributed by atoms with Gasteiger partial charge in [-0.15, -0.1) is 0 Å². The van der Waals surface area contributed by atoms with Crippen LogP contribution in [0.2, 0.25) is 0 Å². The van der Waals surface area contributed by atoms with Crippen molar-refractivity contribution in [2.75, 3.05) is 0 Å². The maximum absolute atomic E-state index is 6.11. The molecule has 2 aromatic rings. The van der Waals surface area contributed by atoms with Crippen molar-refractivity contribution < 1.29 is 0 Å². The first kappa shape index (κ1) is 11.7. The lowest BCUT2D eigenvalue weighted by atomic mass is 10.1. The van der Waals surface area contributed by atoms with Crippen molar-refractivity contribution in [3.8, 4) is 0 Å². The second kappa shape index (κ2) is 5.01. The SMILES string of the molecule is CCn1ncnc1CC(N)c1ccnc(C)n1. The first-order valence-electron chi connectivity index (χ1n) is 5.62. The van der Waals surface area contributed by atoms with Crippen LogP contribution in [0.4, 0.5) is 0 Å². The van der Waals surface area contributed by atoms with E-state index in [-0.39, 0.29) is 6.04 Å². The number of hydrogen-bond acceptors (Lipinski definition) is 5. The molecular weight excluding hydrogens is 216 g/mol. The smallest absolute Gasteiger partial charge is 0.138 e. The van der Waals surface area contributed by atoms with Crippen molar-refractivity contribution in [1.29, 1.82) is 0 Å². The lowest BCUT2D eigenvalue weighted by Crippen LogP contribution is -2.18. The molecule has 2 aromatic heterocycles. The van der Waals surface area contributed by atoms with E-state index in [1.807, 2.05) is 24.6 Å². The van der Waals surface area contributed by atoms with Crippen LogP contribution in [0.1, 0.15) is 30.3 Å². The van der Waals surface area contributed by atoms with Gasteiger partial charge in [0, 0.05) is 19.2 Å². The molecule has 0 bridgehead atoms. The number of nitrogens with two attached hydrogens (primary N) is 1. The van der Waals surface area contributed by atoms with Gasteiger partial charge in [0.15, 0.2) is 0 Å². The minimum atomic E-state index is -0.175. The first-order valence-corrected chi connectivity index (χ1v) is 5.62. The van der Waals surface area contributed by atoms with E-state index in [1.165, 1.54) is 0 Å². The molecule has 0 aliphatic carbocycles. The van der Waals surface area contributed by atoms with Crippen LogP contribution in [-0.2, 0) is 13.0 Å². The summed E-state index contributed by atoms with van der Waals surface area (Å²) in [6, 6.07) is 1.66. The summed E-state index contributed by atoms with van der Waals surface area (Å²) in [7, 11) is 0. The Balaban J connectivity index is 2.14. The summed E-state index contributed by atoms with van der Waals surface area (Å²) in [4.78, 5) is 12.6. The van der Waals surface area contributed by atoms with Gasteiger partial charge in [0.1, 0.15) is 18.0 Å². The van der Waals surface area contributed by atoms with E-state index in [0.717, 1.165) is 23.9 Å². The van der Waals surface area contributed by atoms with Gasteiger partial charge >= 0.3 is 0 Å². The Morgan fingerprint density at radius 1 is 1.41 bits per heavy atom. The molecule has 0 radical (unpaired) electrons. The zero-order chi connectivity index (χ0) is 12.3. The lowest BCUT2D eigenvalue weighted by molar-refractivity contribution is 0.574. The summed E-state index contributed by atoms with van der Waals surface area (Å²) >= 11 is 0. The van der Waals surface area contributed by atoms with Crippen LogP contribution in [0.5, 0.6) is 0 Å². The van der Waals surface area contributed by atoms with E-state index in [4.69, 9.17) is 5.73 Å². The third kappa shape index (κ3) is 2.65. The second-order valence-electron chi connectivity index (χ2n) is 3.83. The average molecular weight is 232 g/mol. The van der Waals surface area contributed by atoms with Crippen LogP contribution in [0.25, 0.3) is 0 Å². The zero-order valence-corrected chi connectivity index (χ0v) is 10.0. The van der Waals surface area contributed by atoms with Crippen molar-refractivity contribution in [3.63, 3.8) is 0 Å². The summed E-state index contributed by atoms with van der Waals surface area (Å²) in [6.07, 6.45) is 3.91. The molecule has 1 atom stereocenters. The lowest BCUT2D eigenvalue weighted by Gasteiger charge is -2.11. The van der Waals surface area contributed by atoms with Crippen LogP contribution in [0.15, 0.2) is 18.6 Å². The molecule has 0 saturated carbocycles. The van der Waals surface area contributed by atoms with Gasteiger partial charge in [-0.1, -0.05) is 0 Å². The van der Waals surface area contributed by atoms with E-state index >= 15 is 0 Å². The van der Waals surface area contributed by atoms with E-state index in [1.54, 1.807) is 12.5 Å². The fourth-order valence-electron chi connectivity index (χ4n) is 1.69. The Labute approximate surface area is 99.9 Å². The maximum Gasteiger partial charge on any atom is 0.138 e. The number of aryl methyl sites for hydroxylation is 2. The van der Waals surface area contributed by atoms with Crippen LogP contribution in [0.3, 0.4) is 0 Å². The quantitative estimate of drug-likeness (QED) is 0.836. The summed E-state index contributed by atoms with van der Waals surface area (Å²) in [5, 5.41) is 4.12. The number of aromatic nitrogens is 5. The normalized spacial score (nSPS) is 12.6. The summed E-state index contributed by atoms with van der Waals surface area (Å²) in [5.41, 5.74) is 6.94. The molecule has 0 spiro atoms. The van der Waals surface area contributed by atoms with E-state index in [9.17, 15) is 0 Å². The van der Waals surface area contributed by atoms with Crippen molar-refractivity contribution in [2.24, 2.45) is 5.73 Å². The predicted octanol–water partition coefficient (Wildman–Crippen LogP) is 0.639. The van der Waals surface area contributed by atoms with Crippen LogP contribution in [0, 0.1) is 6.92 Å². The van der Waals surface area contributed by atoms with Gasteiger partial charge in [-0.05, 0) is 19.9 Å². The number of nitrogens with zero attached hydrogens (tertiary/aromatic N) is 5. The standard InChI is InChI=1S/C11H16N6/c1-3-17-11(14-7-15-17)6-9(12)10-4-5-13-8(2)16-10/h4-5,7,9H,3,6,12H2,1-2H3. The summed E-state index contributed by atoms with van der Waals surface area (Å²) in [5.74, 6) is 1.62. The number of hydrogen-bond donors (Lipinski definition) is 1. The van der Waals surface area contributed by atoms with E-state index in [2.05, 4.69) is 20.1 Å². The van der Waals surface area contributed by atoms with Gasteiger partial charge in [-0.25, -0.2) is 15.0 Å². The summed E-state index contributed by atoms with van der Waals surface area (Å²) in [6.45, 7) is 4.67. The Morgan fingerprint density at radius 3 is 2.94 bits per heavy atom. The molecule has 2 N–H and O–H groups in total. The number of rotatable bonds is 4. The third-order valence-corrected chi connectivity index (χ3v) is 2.58. The van der Waals surface area contributed by atoms with Crippen molar-refractivity contribution >= 4 is 0 Å². The molecule has 2 rings (SSSR count). The van der Waals surface area contributed by atoms with Gasteiger partial charge in [0.2, 0.25) is 0 Å². The Hall–Kier alpha value is -1.82. The van der Waals surface area contributed by atoms with Gasteiger partial charge in [-0.2, -0.15) is 5.10 Å². The molecule has 0 aliphatic heterocycles. The van der Waals surface area contributed by atoms with Gasteiger partial charge in [-0.3, -0.25) is 4.68 Å². The molecule has 90 valence electrons. The first-order chi connectivity index (χ1) is 8.20. The second-order valence-corrected chi connectivity index (χ2v) is 3.83. The highest BCUT2D eigenvalue weighted by Gasteiger charge is 2.12. The maximum atomic E-state index is 6.11. The van der Waals surface area contributed by atoms with E-state index in [0.29, 0.717) is 6.42 Å². The molecule has 0 aromatic carbocycles. The van der Waals surface area contributed by atoms with Crippen LogP contribution >= 0.6 is 0 Å². The topological polar surface area (TPSA) is 82.5 Å². The largest absolute Gasteiger partial charge is 0.322 e. The predicted molar refractivity (Wildman–Crippen MR) is 63.1 cm³/mol. The monoisotopic (exact) mass is 232 g/mol. The molecule has 0 amide bonds. The highest BCUT2D eigenvalue weighted by molar-refractivity contribution is 5.09. The molecule has 0 saturated heterocycles. The van der Waals surface area contributed by atoms with Crippen molar-refractivity contribution in [3.05, 3.63) is 35.9 Å². The van der Waals surface area contributed by atoms with Gasteiger partial charge in [0.25, 0.3) is 0 Å². The third-order valence-electron chi connectivity index (χ3n) is 2.58. The molecule has 6 nitrogen and oxygen atoms in total. The summed E-state index contributed by atoms with van der Waals surface area (Å²) < 4.78 is 1.84. The minimum Gasteiger partial charge on any atom is -0.322 e. The zero-order valence-electron chi connectivity index (χ0n) is 10.0. The molecule has 17 heavy (non-hydrogen) atoms. The Bertz CT molecular complexity index is 492. The van der Waals surface area contributed by atoms with Crippen LogP contribution < -0.4 is 5.73 Å². The molecule has 6 heteroatoms. The molecule has 1 unspecified atom stereocenters. The van der Waals surface area contributed by atoms with Gasteiger partial charge in [0.05, 0.1) is 11.7 Å². The Kier molecular flexibility index (Phi) is 3.43. The highest BCUT2D eigenvalue weighted by atomic mass is 15.3. The molecular formula is C11H16N6. The highest BCUT2D eigenvalue weighted by Crippen LogP contribution is 2.12. The van der Waals surface area contributed by atoms with E-state index < -0.39 is 0 Å². The van der Waals surface area contributed by atoms with Crippen LogP contribution in [-0.4, -0.2) is 24.7 Å². The minimum absolute atomic E-state index is 0.175. The molecule has 0 aliphatic rings.